The molecule has 2 aliphatic rings. The highest BCUT2D eigenvalue weighted by Gasteiger charge is 2.31. The zero-order valence-electron chi connectivity index (χ0n) is 13.1. The summed E-state index contributed by atoms with van der Waals surface area (Å²) in [6, 6.07) is 1.12. The number of hydrogen-bond donors (Lipinski definition) is 1. The number of piperidine rings is 1. The zero-order chi connectivity index (χ0) is 14.4. The van der Waals surface area contributed by atoms with Crippen LogP contribution in [0.5, 0.6) is 0 Å². The smallest absolute Gasteiger partial charge is 0.409 e. The van der Waals surface area contributed by atoms with Gasteiger partial charge in [0.25, 0.3) is 0 Å². The highest BCUT2D eigenvalue weighted by atomic mass is 16.6. The maximum Gasteiger partial charge on any atom is 0.409 e. The standard InChI is InChI=1S/C16H30N2O2/c1-3-7-13-10-15(17-14-8-5-6-9-14)12-18(11-13)16(19)20-4-2/h13-15,17H,3-12H2,1-2H3. The lowest BCUT2D eigenvalue weighted by Gasteiger charge is -2.38. The first kappa shape index (κ1) is 15.6. The summed E-state index contributed by atoms with van der Waals surface area (Å²) in [7, 11) is 0. The van der Waals surface area contributed by atoms with E-state index in [4.69, 9.17) is 4.74 Å². The van der Waals surface area contributed by atoms with Crippen LogP contribution in [-0.4, -0.2) is 42.8 Å². The van der Waals surface area contributed by atoms with E-state index in [0.717, 1.165) is 13.1 Å². The predicted molar refractivity (Wildman–Crippen MR) is 80.8 cm³/mol. The molecule has 1 aliphatic heterocycles. The Hall–Kier alpha value is -0.770. The van der Waals surface area contributed by atoms with Crippen LogP contribution < -0.4 is 5.32 Å². The monoisotopic (exact) mass is 282 g/mol. The topological polar surface area (TPSA) is 41.6 Å². The van der Waals surface area contributed by atoms with Crippen LogP contribution in [0, 0.1) is 5.92 Å². The molecule has 2 fully saturated rings. The first-order valence-electron chi connectivity index (χ1n) is 8.40. The van der Waals surface area contributed by atoms with E-state index in [1.807, 2.05) is 11.8 Å². The van der Waals surface area contributed by atoms with Gasteiger partial charge < -0.3 is 15.0 Å². The van der Waals surface area contributed by atoms with E-state index >= 15 is 0 Å². The van der Waals surface area contributed by atoms with Gasteiger partial charge >= 0.3 is 6.09 Å². The first-order chi connectivity index (χ1) is 9.72. The summed E-state index contributed by atoms with van der Waals surface area (Å²) >= 11 is 0. The quantitative estimate of drug-likeness (QED) is 0.842. The summed E-state index contributed by atoms with van der Waals surface area (Å²) < 4.78 is 5.19. The Morgan fingerprint density at radius 1 is 1.20 bits per heavy atom. The van der Waals surface area contributed by atoms with E-state index in [9.17, 15) is 4.79 Å². The Balaban J connectivity index is 1.90. The van der Waals surface area contributed by atoms with Crippen molar-refractivity contribution in [3.8, 4) is 0 Å². The van der Waals surface area contributed by atoms with Gasteiger partial charge in [-0.2, -0.15) is 0 Å². The number of likely N-dealkylation sites (tertiary alicyclic amines) is 1. The predicted octanol–water partition coefficient (Wildman–Crippen LogP) is 3.17. The SMILES string of the molecule is CCCC1CC(NC2CCCC2)CN(C(=O)OCC)C1. The van der Waals surface area contributed by atoms with Crippen molar-refractivity contribution in [1.29, 1.82) is 0 Å². The van der Waals surface area contributed by atoms with Crippen LogP contribution in [0.25, 0.3) is 0 Å². The van der Waals surface area contributed by atoms with Crippen LogP contribution in [-0.2, 0) is 4.74 Å². The van der Waals surface area contributed by atoms with Gasteiger partial charge in [0, 0.05) is 25.2 Å². The normalized spacial score (nSPS) is 27.8. The summed E-state index contributed by atoms with van der Waals surface area (Å²) in [5.74, 6) is 0.622. The molecule has 1 amide bonds. The molecule has 1 saturated carbocycles. The lowest BCUT2D eigenvalue weighted by Crippen LogP contribution is -2.53. The van der Waals surface area contributed by atoms with Crippen molar-refractivity contribution in [3.63, 3.8) is 0 Å². The molecule has 2 rings (SSSR count). The molecule has 0 radical (unpaired) electrons. The van der Waals surface area contributed by atoms with E-state index in [2.05, 4.69) is 12.2 Å². The fourth-order valence-corrected chi connectivity index (χ4v) is 3.73. The molecule has 0 aromatic carbocycles. The molecule has 2 atom stereocenters. The second-order valence-corrected chi connectivity index (χ2v) is 6.34. The molecule has 1 N–H and O–H groups in total. The Morgan fingerprint density at radius 2 is 1.95 bits per heavy atom. The van der Waals surface area contributed by atoms with Crippen molar-refractivity contribution < 1.29 is 9.53 Å². The van der Waals surface area contributed by atoms with Gasteiger partial charge in [0.15, 0.2) is 0 Å². The molecule has 0 aromatic rings. The van der Waals surface area contributed by atoms with Crippen LogP contribution in [0.15, 0.2) is 0 Å². The number of carbonyl (C=O) groups is 1. The van der Waals surface area contributed by atoms with Gasteiger partial charge in [-0.3, -0.25) is 0 Å². The first-order valence-corrected chi connectivity index (χ1v) is 8.40. The van der Waals surface area contributed by atoms with Crippen molar-refractivity contribution in [3.05, 3.63) is 0 Å². The molecule has 20 heavy (non-hydrogen) atoms. The summed E-state index contributed by atoms with van der Waals surface area (Å²) in [5, 5.41) is 3.78. The fraction of sp³-hybridized carbons (Fsp3) is 0.938. The number of hydrogen-bond acceptors (Lipinski definition) is 3. The molecule has 2 unspecified atom stereocenters. The third kappa shape index (κ3) is 4.37. The molecule has 116 valence electrons. The fourth-order valence-electron chi connectivity index (χ4n) is 3.73. The summed E-state index contributed by atoms with van der Waals surface area (Å²) in [6.45, 7) is 6.25. The maximum atomic E-state index is 12.0. The number of nitrogens with one attached hydrogen (secondary N) is 1. The van der Waals surface area contributed by atoms with E-state index in [1.165, 1.54) is 44.9 Å². The van der Waals surface area contributed by atoms with Gasteiger partial charge in [0.2, 0.25) is 0 Å². The van der Waals surface area contributed by atoms with E-state index in [0.29, 0.717) is 24.6 Å². The second-order valence-electron chi connectivity index (χ2n) is 6.34. The van der Waals surface area contributed by atoms with Crippen LogP contribution >= 0.6 is 0 Å². The van der Waals surface area contributed by atoms with Gasteiger partial charge in [0.1, 0.15) is 0 Å². The molecule has 0 bridgehead atoms. The summed E-state index contributed by atoms with van der Waals surface area (Å²) in [6.07, 6.45) is 8.78. The van der Waals surface area contributed by atoms with Crippen LogP contribution in [0.2, 0.25) is 0 Å². The highest BCUT2D eigenvalue weighted by molar-refractivity contribution is 5.67. The Kier molecular flexibility index (Phi) is 6.14. The van der Waals surface area contributed by atoms with Crippen LogP contribution in [0.3, 0.4) is 0 Å². The molecular formula is C16H30N2O2. The Bertz CT molecular complexity index is 303. The summed E-state index contributed by atoms with van der Waals surface area (Å²) in [4.78, 5) is 13.9. The average Bonchev–Trinajstić information content (AvgIpc) is 2.92. The minimum atomic E-state index is -0.133. The van der Waals surface area contributed by atoms with Crippen LogP contribution in [0.1, 0.15) is 58.8 Å². The number of amides is 1. The molecule has 4 heteroatoms. The van der Waals surface area contributed by atoms with Gasteiger partial charge in [-0.05, 0) is 38.5 Å². The molecule has 0 spiro atoms. The number of carbonyl (C=O) groups excluding carboxylic acids is 1. The molecule has 1 saturated heterocycles. The van der Waals surface area contributed by atoms with E-state index in [1.54, 1.807) is 0 Å². The lowest BCUT2D eigenvalue weighted by atomic mass is 9.90. The van der Waals surface area contributed by atoms with Crippen molar-refractivity contribution in [1.82, 2.24) is 10.2 Å². The minimum absolute atomic E-state index is 0.133. The number of rotatable bonds is 5. The largest absolute Gasteiger partial charge is 0.450 e. The van der Waals surface area contributed by atoms with E-state index < -0.39 is 0 Å². The maximum absolute atomic E-state index is 12.0. The third-order valence-electron chi connectivity index (χ3n) is 4.59. The van der Waals surface area contributed by atoms with Crippen LogP contribution in [0.4, 0.5) is 4.79 Å². The summed E-state index contributed by atoms with van der Waals surface area (Å²) in [5.41, 5.74) is 0. The van der Waals surface area contributed by atoms with Gasteiger partial charge in [-0.1, -0.05) is 26.2 Å². The van der Waals surface area contributed by atoms with Crippen molar-refractivity contribution in [2.45, 2.75) is 70.9 Å². The molecule has 1 aliphatic carbocycles. The van der Waals surface area contributed by atoms with Crippen molar-refractivity contribution in [2.75, 3.05) is 19.7 Å². The highest BCUT2D eigenvalue weighted by Crippen LogP contribution is 2.25. The molecule has 0 aromatic heterocycles. The molecule has 1 heterocycles. The lowest BCUT2D eigenvalue weighted by molar-refractivity contribution is 0.0755. The molecular weight excluding hydrogens is 252 g/mol. The zero-order valence-corrected chi connectivity index (χ0v) is 13.1. The van der Waals surface area contributed by atoms with Gasteiger partial charge in [-0.25, -0.2) is 4.79 Å². The number of ether oxygens (including phenoxy) is 1. The van der Waals surface area contributed by atoms with E-state index in [-0.39, 0.29) is 6.09 Å². The average molecular weight is 282 g/mol. The van der Waals surface area contributed by atoms with Gasteiger partial charge in [0.05, 0.1) is 6.61 Å². The Morgan fingerprint density at radius 3 is 2.60 bits per heavy atom. The third-order valence-corrected chi connectivity index (χ3v) is 4.59. The number of nitrogens with zero attached hydrogens (tertiary/aromatic N) is 1. The van der Waals surface area contributed by atoms with Gasteiger partial charge in [-0.15, -0.1) is 0 Å². The second kappa shape index (κ2) is 7.87. The van der Waals surface area contributed by atoms with Crippen molar-refractivity contribution >= 4 is 6.09 Å². The minimum Gasteiger partial charge on any atom is -0.450 e. The Labute approximate surface area is 123 Å². The van der Waals surface area contributed by atoms with Crippen molar-refractivity contribution in [2.24, 2.45) is 5.92 Å². The molecule has 4 nitrogen and oxygen atoms in total.